The molecule has 0 saturated carbocycles. The van der Waals surface area contributed by atoms with Crippen LogP contribution in [0.2, 0.25) is 0 Å². The smallest absolute Gasteiger partial charge is 0.353 e. The molecule has 0 aromatic heterocycles. The first-order valence-electron chi connectivity index (χ1n) is 11.7. The van der Waals surface area contributed by atoms with Gasteiger partial charge in [0.2, 0.25) is 0 Å². The monoisotopic (exact) mass is 537 g/mol. The number of ether oxygens (including phenoxy) is 2. The molecule has 1 aromatic rings. The fourth-order valence-corrected chi connectivity index (χ4v) is 7.35. The molecule has 8 nitrogen and oxygen atoms in total. The van der Waals surface area contributed by atoms with Crippen LogP contribution in [0, 0.1) is 20.8 Å². The van der Waals surface area contributed by atoms with Crippen molar-refractivity contribution < 1.29 is 17.9 Å². The highest BCUT2D eigenvalue weighted by atomic mass is 32.2. The van der Waals surface area contributed by atoms with Crippen molar-refractivity contribution in [3.63, 3.8) is 0 Å². The van der Waals surface area contributed by atoms with Crippen LogP contribution in [-0.2, 0) is 19.5 Å². The highest BCUT2D eigenvalue weighted by Gasteiger charge is 2.26. The van der Waals surface area contributed by atoms with E-state index in [0.29, 0.717) is 12.3 Å². The summed E-state index contributed by atoms with van der Waals surface area (Å²) >= 11 is 3.16. The van der Waals surface area contributed by atoms with Crippen molar-refractivity contribution in [3.05, 3.63) is 50.9 Å². The van der Waals surface area contributed by atoms with Crippen LogP contribution < -0.4 is 10.4 Å². The van der Waals surface area contributed by atoms with Crippen molar-refractivity contribution in [1.82, 2.24) is 9.55 Å². The lowest BCUT2D eigenvalue weighted by Gasteiger charge is -2.22. The third kappa shape index (κ3) is 6.26. The number of aryl methyl sites for hydroxylation is 2. The number of hydrogen-bond acceptors (Lipinski definition) is 8. The van der Waals surface area contributed by atoms with E-state index in [0.717, 1.165) is 64.8 Å². The fraction of sp³-hybridized carbons (Fsp3) is 0.500. The minimum absolute atomic E-state index is 0.0650. The van der Waals surface area contributed by atoms with E-state index >= 15 is 0 Å². The van der Waals surface area contributed by atoms with E-state index in [2.05, 4.69) is 9.71 Å². The molecule has 4 rings (SSSR count). The molecule has 0 spiro atoms. The predicted octanol–water partition coefficient (Wildman–Crippen LogP) is 4.87. The van der Waals surface area contributed by atoms with Crippen molar-refractivity contribution in [2.75, 3.05) is 23.7 Å². The molecule has 3 heterocycles. The Balaban J connectivity index is 1.48. The van der Waals surface area contributed by atoms with Gasteiger partial charge < -0.3 is 9.47 Å². The number of rotatable bonds is 10. The molecule has 190 valence electrons. The second-order valence-corrected chi connectivity index (χ2v) is 12.9. The molecule has 0 aliphatic carbocycles. The molecule has 0 bridgehead atoms. The molecule has 35 heavy (non-hydrogen) atoms. The maximum Gasteiger partial charge on any atom is 0.354 e. The zero-order valence-electron chi connectivity index (χ0n) is 20.2. The van der Waals surface area contributed by atoms with E-state index in [-0.39, 0.29) is 17.0 Å². The zero-order chi connectivity index (χ0) is 25.0. The van der Waals surface area contributed by atoms with Gasteiger partial charge in [-0.15, -0.1) is 23.1 Å². The number of fused-ring (bicyclic) bond motifs is 1. The molecular weight excluding hydrogens is 506 g/mol. The topological polar surface area (TPSA) is 99.5 Å². The number of benzene rings is 1. The molecular formula is C24H31N3O5S3. The Morgan fingerprint density at radius 3 is 2.69 bits per heavy atom. The molecule has 1 aromatic carbocycles. The average Bonchev–Trinajstić information content (AvgIpc) is 3.15. The van der Waals surface area contributed by atoms with Gasteiger partial charge in [-0.2, -0.15) is 4.98 Å². The van der Waals surface area contributed by atoms with Gasteiger partial charge in [0.05, 0.1) is 9.10 Å². The van der Waals surface area contributed by atoms with Crippen molar-refractivity contribution >= 4 is 38.9 Å². The maximum atomic E-state index is 13.0. The summed E-state index contributed by atoms with van der Waals surface area (Å²) in [6.07, 6.45) is 4.95. The number of hydrogen-bond donors (Lipinski definition) is 1. The zero-order valence-corrected chi connectivity index (χ0v) is 22.7. The fourth-order valence-electron chi connectivity index (χ4n) is 3.82. The number of aromatic nitrogens is 2. The summed E-state index contributed by atoms with van der Waals surface area (Å²) < 4.78 is 42.3. The number of imidazole rings is 1. The molecule has 1 atom stereocenters. The lowest BCUT2D eigenvalue weighted by molar-refractivity contribution is -0.162. The number of nitrogens with zero attached hydrogens (tertiary/aromatic N) is 2. The molecule has 3 aliphatic heterocycles. The minimum Gasteiger partial charge on any atom is -0.353 e. The standard InChI is InChI=1S/C24H31N3O5S3/c1-16-9-11-19(12-10-16)35(29,30)26-22-21-23(34-18(3)17(2)27(21)24(28)25-22)33-15-7-6-14-32-20-8-4-5-13-31-20/h9-12,20H,4-8,13-15H2,1-3H3,(H,25,26,28). The first kappa shape index (κ1) is 26.2. The minimum atomic E-state index is -3.89. The maximum absolute atomic E-state index is 13.0. The van der Waals surface area contributed by atoms with Crippen LogP contribution >= 0.6 is 23.1 Å². The van der Waals surface area contributed by atoms with Crippen LogP contribution in [0.15, 0.2) is 38.2 Å². The van der Waals surface area contributed by atoms with E-state index in [1.807, 2.05) is 20.8 Å². The number of nitrogens with one attached hydrogen (secondary N) is 1. The summed E-state index contributed by atoms with van der Waals surface area (Å²) in [7, 11) is -3.89. The molecule has 1 saturated heterocycles. The second kappa shape index (κ2) is 11.4. The first-order valence-corrected chi connectivity index (χ1v) is 15.0. The van der Waals surface area contributed by atoms with Gasteiger partial charge in [-0.25, -0.2) is 13.2 Å². The second-order valence-electron chi connectivity index (χ2n) is 8.60. The van der Waals surface area contributed by atoms with Gasteiger partial charge in [-0.1, -0.05) is 17.7 Å². The Morgan fingerprint density at radius 1 is 1.20 bits per heavy atom. The Morgan fingerprint density at radius 2 is 1.97 bits per heavy atom. The normalized spacial score (nSPS) is 16.6. The lowest BCUT2D eigenvalue weighted by Crippen LogP contribution is -2.22. The Hall–Kier alpha value is -1.92. The average molecular weight is 538 g/mol. The van der Waals surface area contributed by atoms with E-state index < -0.39 is 15.7 Å². The largest absolute Gasteiger partial charge is 0.354 e. The van der Waals surface area contributed by atoms with Crippen LogP contribution in [-0.4, -0.2) is 43.2 Å². The van der Waals surface area contributed by atoms with E-state index in [4.69, 9.17) is 9.47 Å². The first-order chi connectivity index (χ1) is 16.8. The van der Waals surface area contributed by atoms with Gasteiger partial charge >= 0.3 is 5.69 Å². The molecule has 3 aliphatic rings. The van der Waals surface area contributed by atoms with E-state index in [9.17, 15) is 13.2 Å². The summed E-state index contributed by atoms with van der Waals surface area (Å²) in [6, 6.07) is 6.56. The van der Waals surface area contributed by atoms with Crippen molar-refractivity contribution in [3.8, 4) is 5.69 Å². The van der Waals surface area contributed by atoms with E-state index in [1.54, 1.807) is 47.4 Å². The number of sulfonamides is 1. The van der Waals surface area contributed by atoms with Gasteiger partial charge in [0.25, 0.3) is 10.0 Å². The van der Waals surface area contributed by atoms with Crippen LogP contribution in [0.1, 0.15) is 48.2 Å². The van der Waals surface area contributed by atoms with Crippen LogP contribution in [0.4, 0.5) is 5.82 Å². The quantitative estimate of drug-likeness (QED) is 0.291. The third-order valence-corrected chi connectivity index (χ3v) is 9.79. The van der Waals surface area contributed by atoms with Gasteiger partial charge in [-0.05, 0) is 70.8 Å². The number of anilines is 1. The highest BCUT2D eigenvalue weighted by Crippen LogP contribution is 2.38. The van der Waals surface area contributed by atoms with E-state index in [1.165, 1.54) is 4.57 Å². The van der Waals surface area contributed by atoms with Crippen LogP contribution in [0.3, 0.4) is 0 Å². The lowest BCUT2D eigenvalue weighted by atomic mass is 10.2. The molecule has 1 N–H and O–H groups in total. The summed E-state index contributed by atoms with van der Waals surface area (Å²) in [5, 5.41) is 0. The molecule has 1 fully saturated rings. The Labute approximate surface area is 214 Å². The van der Waals surface area contributed by atoms with Gasteiger partial charge in [0.15, 0.2) is 12.1 Å². The Bertz CT molecular complexity index is 1280. The summed E-state index contributed by atoms with van der Waals surface area (Å²) in [6.45, 7) is 7.11. The number of thioether (sulfide) groups is 1. The Kier molecular flexibility index (Phi) is 8.54. The highest BCUT2D eigenvalue weighted by molar-refractivity contribution is 8.01. The molecule has 11 heteroatoms. The van der Waals surface area contributed by atoms with Gasteiger partial charge in [-0.3, -0.25) is 9.29 Å². The van der Waals surface area contributed by atoms with Crippen molar-refractivity contribution in [2.45, 2.75) is 68.3 Å². The van der Waals surface area contributed by atoms with Crippen LogP contribution in [0.5, 0.6) is 0 Å². The third-order valence-electron chi connectivity index (χ3n) is 5.91. The van der Waals surface area contributed by atoms with Crippen molar-refractivity contribution in [2.24, 2.45) is 0 Å². The molecule has 1 unspecified atom stereocenters. The summed E-state index contributed by atoms with van der Waals surface area (Å²) in [5.74, 6) is 0.878. The predicted molar refractivity (Wildman–Crippen MR) is 140 cm³/mol. The SMILES string of the molecule is Cc1ccc(S(=O)(=O)Nc2nc(=O)n3c(C)c(C)sc(SCCCCOC4CCCCO4)c2-3)cc1. The van der Waals surface area contributed by atoms with Gasteiger partial charge in [0.1, 0.15) is 5.69 Å². The molecule has 0 radical (unpaired) electrons. The molecule has 0 amide bonds. The van der Waals surface area contributed by atoms with Gasteiger partial charge in [0, 0.05) is 23.8 Å². The van der Waals surface area contributed by atoms with Crippen LogP contribution in [0.25, 0.3) is 5.69 Å². The van der Waals surface area contributed by atoms with Crippen molar-refractivity contribution in [1.29, 1.82) is 0 Å². The summed E-state index contributed by atoms with van der Waals surface area (Å²) in [4.78, 5) is 17.9. The summed E-state index contributed by atoms with van der Waals surface area (Å²) in [5.41, 5.74) is 1.74. The number of unbranched alkanes of at least 4 members (excludes halogenated alkanes) is 1.